The molecule has 7 heteroatoms. The van der Waals surface area contributed by atoms with E-state index in [4.69, 9.17) is 22.1 Å². The van der Waals surface area contributed by atoms with Crippen LogP contribution in [-0.2, 0) is 16.1 Å². The molecule has 1 aromatic rings. The van der Waals surface area contributed by atoms with E-state index >= 15 is 0 Å². The number of amides is 1. The van der Waals surface area contributed by atoms with Crippen LogP contribution >= 0.6 is 11.6 Å². The average molecular weight is 259 g/mol. The molecule has 0 radical (unpaired) electrons. The van der Waals surface area contributed by atoms with Crippen LogP contribution in [0.5, 0.6) is 0 Å². The number of aromatic nitrogens is 2. The summed E-state index contributed by atoms with van der Waals surface area (Å²) in [5, 5.41) is 7.22. The van der Waals surface area contributed by atoms with Gasteiger partial charge in [-0.25, -0.2) is 0 Å². The molecule has 0 saturated carbocycles. The molecule has 0 spiro atoms. The van der Waals surface area contributed by atoms with Crippen LogP contribution in [0.15, 0.2) is 6.20 Å². The summed E-state index contributed by atoms with van der Waals surface area (Å²) >= 11 is 5.75. The zero-order valence-corrected chi connectivity index (χ0v) is 10.1. The highest BCUT2D eigenvalue weighted by Crippen LogP contribution is 2.15. The second-order valence-corrected chi connectivity index (χ2v) is 4.42. The zero-order chi connectivity index (χ0) is 12.3. The number of hydrogen-bond acceptors (Lipinski definition) is 4. The first-order chi connectivity index (χ1) is 8.15. The predicted octanol–water partition coefficient (Wildman–Crippen LogP) is 0.414. The molecule has 1 amide bonds. The smallest absolute Gasteiger partial charge is 0.241 e. The van der Waals surface area contributed by atoms with Crippen molar-refractivity contribution in [3.63, 3.8) is 0 Å². The second kappa shape index (κ2) is 5.37. The van der Waals surface area contributed by atoms with E-state index in [1.54, 1.807) is 6.20 Å². The first-order valence-electron chi connectivity index (χ1n) is 5.50. The molecule has 1 aromatic heterocycles. The van der Waals surface area contributed by atoms with Crippen LogP contribution in [0, 0.1) is 0 Å². The predicted molar refractivity (Wildman–Crippen MR) is 63.6 cm³/mol. The van der Waals surface area contributed by atoms with Gasteiger partial charge in [0, 0.05) is 25.5 Å². The quantitative estimate of drug-likeness (QED) is 0.823. The van der Waals surface area contributed by atoms with E-state index in [1.165, 1.54) is 4.68 Å². The number of anilines is 1. The van der Waals surface area contributed by atoms with Crippen molar-refractivity contribution in [3.05, 3.63) is 11.2 Å². The number of ether oxygens (including phenoxy) is 1. The average Bonchev–Trinajstić information content (AvgIpc) is 2.59. The van der Waals surface area contributed by atoms with Crippen LogP contribution < -0.4 is 11.1 Å². The summed E-state index contributed by atoms with van der Waals surface area (Å²) in [6, 6.07) is 0.194. The highest BCUT2D eigenvalue weighted by atomic mass is 35.5. The summed E-state index contributed by atoms with van der Waals surface area (Å²) in [7, 11) is 0. The molecule has 6 nitrogen and oxygen atoms in total. The lowest BCUT2D eigenvalue weighted by Crippen LogP contribution is -2.40. The van der Waals surface area contributed by atoms with E-state index in [-0.39, 0.29) is 24.3 Å². The SMILES string of the molecule is Nc1nn(CC(=O)NC2CCOCC2)cc1Cl. The van der Waals surface area contributed by atoms with E-state index in [9.17, 15) is 4.79 Å². The first kappa shape index (κ1) is 12.2. The standard InChI is InChI=1S/C10H15ClN4O2/c11-8-5-15(14-10(8)12)6-9(16)13-7-1-3-17-4-2-7/h5,7H,1-4,6H2,(H2,12,14)(H,13,16). The Hall–Kier alpha value is -1.27. The van der Waals surface area contributed by atoms with Crippen molar-refractivity contribution in [2.45, 2.75) is 25.4 Å². The van der Waals surface area contributed by atoms with E-state index < -0.39 is 0 Å². The van der Waals surface area contributed by atoms with Gasteiger partial charge in [-0.3, -0.25) is 9.48 Å². The third-order valence-electron chi connectivity index (χ3n) is 2.64. The number of nitrogens with two attached hydrogens (primary N) is 1. The maximum atomic E-state index is 11.7. The Morgan fingerprint density at radius 2 is 2.35 bits per heavy atom. The second-order valence-electron chi connectivity index (χ2n) is 4.01. The minimum atomic E-state index is -0.0870. The largest absolute Gasteiger partial charge is 0.381 e. The third-order valence-corrected chi connectivity index (χ3v) is 2.93. The van der Waals surface area contributed by atoms with Crippen LogP contribution in [0.1, 0.15) is 12.8 Å². The van der Waals surface area contributed by atoms with Crippen LogP contribution in [0.2, 0.25) is 5.02 Å². The lowest BCUT2D eigenvalue weighted by atomic mass is 10.1. The van der Waals surface area contributed by atoms with Gasteiger partial charge in [0.2, 0.25) is 5.91 Å². The van der Waals surface area contributed by atoms with Gasteiger partial charge in [0.05, 0.1) is 0 Å². The Morgan fingerprint density at radius 1 is 1.65 bits per heavy atom. The summed E-state index contributed by atoms with van der Waals surface area (Å²) in [5.41, 5.74) is 5.49. The summed E-state index contributed by atoms with van der Waals surface area (Å²) in [5.74, 6) is 0.154. The van der Waals surface area contributed by atoms with Crippen molar-refractivity contribution < 1.29 is 9.53 Å². The number of rotatable bonds is 3. The van der Waals surface area contributed by atoms with Gasteiger partial charge in [0.25, 0.3) is 0 Å². The van der Waals surface area contributed by atoms with Gasteiger partial charge in [-0.05, 0) is 12.8 Å². The van der Waals surface area contributed by atoms with Crippen molar-refractivity contribution in [1.82, 2.24) is 15.1 Å². The van der Waals surface area contributed by atoms with Gasteiger partial charge in [-0.2, -0.15) is 5.10 Å². The van der Waals surface area contributed by atoms with Crippen molar-refractivity contribution in [3.8, 4) is 0 Å². The van der Waals surface area contributed by atoms with Crippen LogP contribution in [0.4, 0.5) is 5.82 Å². The fourth-order valence-corrected chi connectivity index (χ4v) is 1.91. The van der Waals surface area contributed by atoms with Crippen molar-refractivity contribution >= 4 is 23.3 Å². The number of carbonyl (C=O) groups is 1. The molecule has 94 valence electrons. The monoisotopic (exact) mass is 258 g/mol. The Labute approximate surface area is 104 Å². The normalized spacial score (nSPS) is 17.0. The van der Waals surface area contributed by atoms with Crippen molar-refractivity contribution in [2.24, 2.45) is 0 Å². The van der Waals surface area contributed by atoms with Gasteiger partial charge in [-0.15, -0.1) is 0 Å². The molecule has 0 unspecified atom stereocenters. The number of nitrogen functional groups attached to an aromatic ring is 1. The van der Waals surface area contributed by atoms with Crippen molar-refractivity contribution in [2.75, 3.05) is 18.9 Å². The molecule has 1 fully saturated rings. The number of carbonyl (C=O) groups excluding carboxylic acids is 1. The Kier molecular flexibility index (Phi) is 3.86. The lowest BCUT2D eigenvalue weighted by Gasteiger charge is -2.23. The maximum Gasteiger partial charge on any atom is 0.241 e. The maximum absolute atomic E-state index is 11.7. The van der Waals surface area contributed by atoms with E-state index in [2.05, 4.69) is 10.4 Å². The fraction of sp³-hybridized carbons (Fsp3) is 0.600. The van der Waals surface area contributed by atoms with E-state index in [0.717, 1.165) is 12.8 Å². The summed E-state index contributed by atoms with van der Waals surface area (Å²) in [6.45, 7) is 1.53. The van der Waals surface area contributed by atoms with E-state index in [0.29, 0.717) is 18.2 Å². The zero-order valence-electron chi connectivity index (χ0n) is 9.36. The third kappa shape index (κ3) is 3.34. The summed E-state index contributed by atoms with van der Waals surface area (Å²) < 4.78 is 6.65. The molecule has 1 aliphatic heterocycles. The Balaban J connectivity index is 1.84. The van der Waals surface area contributed by atoms with Gasteiger partial charge >= 0.3 is 0 Å². The molecule has 2 rings (SSSR count). The number of nitrogens with one attached hydrogen (secondary N) is 1. The Bertz CT molecular complexity index is 382. The van der Waals surface area contributed by atoms with Crippen LogP contribution in [-0.4, -0.2) is 34.9 Å². The molecule has 0 bridgehead atoms. The molecule has 1 aliphatic rings. The molecule has 2 heterocycles. The molecule has 17 heavy (non-hydrogen) atoms. The molecular formula is C10H15ClN4O2. The molecule has 0 aromatic carbocycles. The Morgan fingerprint density at radius 3 is 2.94 bits per heavy atom. The molecule has 1 saturated heterocycles. The number of hydrogen-bond donors (Lipinski definition) is 2. The lowest BCUT2D eigenvalue weighted by molar-refractivity contribution is -0.123. The molecule has 0 aliphatic carbocycles. The summed E-state index contributed by atoms with van der Waals surface area (Å²) in [6.07, 6.45) is 3.25. The molecule has 0 atom stereocenters. The van der Waals surface area contributed by atoms with Crippen LogP contribution in [0.25, 0.3) is 0 Å². The van der Waals surface area contributed by atoms with Gasteiger partial charge in [-0.1, -0.05) is 11.6 Å². The minimum absolute atomic E-state index is 0.0870. The van der Waals surface area contributed by atoms with E-state index in [1.807, 2.05) is 0 Å². The first-order valence-corrected chi connectivity index (χ1v) is 5.88. The van der Waals surface area contributed by atoms with Crippen molar-refractivity contribution in [1.29, 1.82) is 0 Å². The van der Waals surface area contributed by atoms with Crippen LogP contribution in [0.3, 0.4) is 0 Å². The topological polar surface area (TPSA) is 82.2 Å². The van der Waals surface area contributed by atoms with Gasteiger partial charge in [0.1, 0.15) is 11.6 Å². The summed E-state index contributed by atoms with van der Waals surface area (Å²) in [4.78, 5) is 11.7. The highest BCUT2D eigenvalue weighted by Gasteiger charge is 2.16. The number of nitrogens with zero attached hydrogens (tertiary/aromatic N) is 2. The number of halogens is 1. The van der Waals surface area contributed by atoms with Gasteiger partial charge in [0.15, 0.2) is 5.82 Å². The van der Waals surface area contributed by atoms with Gasteiger partial charge < -0.3 is 15.8 Å². The fourth-order valence-electron chi connectivity index (χ4n) is 1.76. The minimum Gasteiger partial charge on any atom is -0.381 e. The molecule has 3 N–H and O–H groups in total. The molecular weight excluding hydrogens is 244 g/mol. The highest BCUT2D eigenvalue weighted by molar-refractivity contribution is 6.32.